The average Bonchev–Trinajstić information content (AvgIpc) is 3.27. The van der Waals surface area contributed by atoms with E-state index in [-0.39, 0.29) is 11.1 Å². The number of carboxylic acids is 2. The van der Waals surface area contributed by atoms with E-state index in [0.717, 1.165) is 43.8 Å². The van der Waals surface area contributed by atoms with Crippen LogP contribution >= 0.6 is 0 Å². The third-order valence-corrected chi connectivity index (χ3v) is 7.54. The van der Waals surface area contributed by atoms with Crippen molar-refractivity contribution in [2.45, 2.75) is 0 Å². The van der Waals surface area contributed by atoms with Gasteiger partial charge in [0.15, 0.2) is 0 Å². The van der Waals surface area contributed by atoms with Gasteiger partial charge in [0.25, 0.3) is 0 Å². The van der Waals surface area contributed by atoms with Crippen LogP contribution < -0.4 is 0 Å². The molecule has 4 heteroatoms. The zero-order valence-corrected chi connectivity index (χ0v) is 20.1. The number of carboxylic acid groups (broad SMARTS) is 2. The Kier molecular flexibility index (Phi) is 4.72. The molecule has 0 fully saturated rings. The van der Waals surface area contributed by atoms with Crippen LogP contribution in [0.3, 0.4) is 0 Å². The number of aromatic carboxylic acids is 2. The second-order valence-electron chi connectivity index (χ2n) is 9.51. The summed E-state index contributed by atoms with van der Waals surface area (Å²) in [6.07, 6.45) is 0. The van der Waals surface area contributed by atoms with E-state index in [1.165, 1.54) is 12.1 Å². The summed E-state index contributed by atoms with van der Waals surface area (Å²) in [5, 5.41) is 24.4. The second kappa shape index (κ2) is 8.15. The lowest BCUT2D eigenvalue weighted by atomic mass is 9.86. The molecule has 0 saturated carbocycles. The maximum atomic E-state index is 12.6. The quantitative estimate of drug-likeness (QED) is 0.259. The van der Waals surface area contributed by atoms with Gasteiger partial charge in [0.1, 0.15) is 0 Å². The molecular weight excluding hydrogens is 472 g/mol. The van der Waals surface area contributed by atoms with E-state index in [9.17, 15) is 19.8 Å². The monoisotopic (exact) mass is 492 g/mol. The zero-order valence-electron chi connectivity index (χ0n) is 20.1. The molecule has 0 saturated heterocycles. The van der Waals surface area contributed by atoms with Crippen LogP contribution in [0.2, 0.25) is 0 Å². The Morgan fingerprint density at radius 2 is 0.868 bits per heavy atom. The molecule has 0 atom stereocenters. The molecule has 0 amide bonds. The van der Waals surface area contributed by atoms with E-state index in [0.29, 0.717) is 22.3 Å². The molecule has 0 heterocycles. The SMILES string of the molecule is O=C(O)c1cc(-c2ccc3c4c(cccc24)-c2ccccc2-3)c(C(=O)O)cc1-c1cccc2ccccc12. The van der Waals surface area contributed by atoms with Gasteiger partial charge in [-0.2, -0.15) is 0 Å². The van der Waals surface area contributed by atoms with E-state index in [1.807, 2.05) is 78.9 Å². The lowest BCUT2D eigenvalue weighted by molar-refractivity contribution is 0.0682. The van der Waals surface area contributed by atoms with Crippen molar-refractivity contribution in [3.05, 3.63) is 120 Å². The minimum absolute atomic E-state index is 0.0629. The number of fused-ring (bicyclic) bond motifs is 4. The van der Waals surface area contributed by atoms with Gasteiger partial charge in [0.05, 0.1) is 11.1 Å². The molecule has 38 heavy (non-hydrogen) atoms. The number of rotatable bonds is 4. The highest BCUT2D eigenvalue weighted by atomic mass is 16.4. The summed E-state index contributed by atoms with van der Waals surface area (Å²) in [5.74, 6) is -2.21. The summed E-state index contributed by atoms with van der Waals surface area (Å²) >= 11 is 0. The lowest BCUT2D eigenvalue weighted by Gasteiger charge is -2.16. The van der Waals surface area contributed by atoms with E-state index in [4.69, 9.17) is 0 Å². The third kappa shape index (κ3) is 3.10. The van der Waals surface area contributed by atoms with Gasteiger partial charge in [-0.1, -0.05) is 97.1 Å². The lowest BCUT2D eigenvalue weighted by Crippen LogP contribution is -2.07. The van der Waals surface area contributed by atoms with Crippen molar-refractivity contribution >= 4 is 33.5 Å². The molecule has 1 aliphatic carbocycles. The van der Waals surface area contributed by atoms with Crippen molar-refractivity contribution in [3.63, 3.8) is 0 Å². The minimum Gasteiger partial charge on any atom is -0.478 e. The Hall–Kier alpha value is -5.22. The van der Waals surface area contributed by atoms with Crippen LogP contribution in [0.15, 0.2) is 109 Å². The average molecular weight is 493 g/mol. The summed E-state index contributed by atoms with van der Waals surface area (Å²) in [5.41, 5.74) is 6.75. The predicted octanol–water partition coefficient (Wildman–Crippen LogP) is 8.37. The highest BCUT2D eigenvalue weighted by Crippen LogP contribution is 2.49. The van der Waals surface area contributed by atoms with Crippen LogP contribution in [0.4, 0.5) is 0 Å². The zero-order chi connectivity index (χ0) is 26.0. The molecule has 0 aliphatic heterocycles. The van der Waals surface area contributed by atoms with Gasteiger partial charge >= 0.3 is 11.9 Å². The van der Waals surface area contributed by atoms with Crippen LogP contribution in [0.25, 0.3) is 66.1 Å². The van der Waals surface area contributed by atoms with Crippen LogP contribution in [-0.4, -0.2) is 22.2 Å². The van der Waals surface area contributed by atoms with E-state index in [1.54, 1.807) is 0 Å². The largest absolute Gasteiger partial charge is 0.478 e. The van der Waals surface area contributed by atoms with Crippen molar-refractivity contribution in [2.24, 2.45) is 0 Å². The van der Waals surface area contributed by atoms with Crippen molar-refractivity contribution in [1.29, 1.82) is 0 Å². The highest BCUT2D eigenvalue weighted by Gasteiger charge is 2.26. The molecule has 4 nitrogen and oxygen atoms in total. The molecule has 0 radical (unpaired) electrons. The predicted molar refractivity (Wildman–Crippen MR) is 151 cm³/mol. The fourth-order valence-electron chi connectivity index (χ4n) is 5.90. The first-order valence-corrected chi connectivity index (χ1v) is 12.3. The van der Waals surface area contributed by atoms with Gasteiger partial charge < -0.3 is 10.2 Å². The van der Waals surface area contributed by atoms with Gasteiger partial charge in [-0.05, 0) is 78.2 Å². The molecule has 0 aromatic heterocycles. The molecular formula is C34H20O4. The minimum atomic E-state index is -1.11. The summed E-state index contributed by atoms with van der Waals surface area (Å²) in [4.78, 5) is 25.2. The van der Waals surface area contributed by atoms with Crippen LogP contribution in [-0.2, 0) is 0 Å². The summed E-state index contributed by atoms with van der Waals surface area (Å²) in [6, 6.07) is 34.5. The fourth-order valence-corrected chi connectivity index (χ4v) is 5.90. The van der Waals surface area contributed by atoms with E-state index >= 15 is 0 Å². The van der Waals surface area contributed by atoms with Crippen molar-refractivity contribution in [3.8, 4) is 44.5 Å². The number of hydrogen-bond acceptors (Lipinski definition) is 2. The molecule has 6 aromatic carbocycles. The maximum Gasteiger partial charge on any atom is 0.336 e. The standard InChI is InChI=1S/C34H20O4/c35-33(36)30-18-29(31(34(37)38)17-28(30)21-12-5-8-19-7-1-2-9-20(19)21)24-15-16-27-23-11-4-3-10-22(23)25-13-6-14-26(24)32(25)27/h1-18H,(H,35,36)(H,37,38). The first kappa shape index (κ1) is 22.0. The second-order valence-corrected chi connectivity index (χ2v) is 9.51. The van der Waals surface area contributed by atoms with Crippen molar-refractivity contribution < 1.29 is 19.8 Å². The van der Waals surface area contributed by atoms with E-state index in [2.05, 4.69) is 18.2 Å². The molecule has 1 aliphatic rings. The highest BCUT2D eigenvalue weighted by molar-refractivity contribution is 6.20. The molecule has 0 bridgehead atoms. The van der Waals surface area contributed by atoms with Crippen LogP contribution in [0.1, 0.15) is 20.7 Å². The Bertz CT molecular complexity index is 1950. The first-order valence-electron chi connectivity index (χ1n) is 12.3. The maximum absolute atomic E-state index is 12.6. The van der Waals surface area contributed by atoms with Crippen molar-refractivity contribution in [1.82, 2.24) is 0 Å². The molecule has 180 valence electrons. The van der Waals surface area contributed by atoms with Gasteiger partial charge in [0, 0.05) is 0 Å². The van der Waals surface area contributed by atoms with Crippen molar-refractivity contribution in [2.75, 3.05) is 0 Å². The topological polar surface area (TPSA) is 74.6 Å². The van der Waals surface area contributed by atoms with E-state index < -0.39 is 11.9 Å². The molecule has 2 N–H and O–H groups in total. The first-order chi connectivity index (χ1) is 18.5. The fraction of sp³-hybridized carbons (Fsp3) is 0. The Morgan fingerprint density at radius 3 is 1.55 bits per heavy atom. The van der Waals surface area contributed by atoms with Crippen LogP contribution in [0, 0.1) is 0 Å². The smallest absolute Gasteiger partial charge is 0.336 e. The molecule has 7 rings (SSSR count). The van der Waals surface area contributed by atoms with Gasteiger partial charge in [-0.25, -0.2) is 9.59 Å². The number of carbonyl (C=O) groups is 2. The summed E-state index contributed by atoms with van der Waals surface area (Å²) in [7, 11) is 0. The van der Waals surface area contributed by atoms with Crippen LogP contribution in [0.5, 0.6) is 0 Å². The third-order valence-electron chi connectivity index (χ3n) is 7.54. The Balaban J connectivity index is 1.54. The van der Waals surface area contributed by atoms with Gasteiger partial charge in [0.2, 0.25) is 0 Å². The Morgan fingerprint density at radius 1 is 0.421 bits per heavy atom. The molecule has 0 spiro atoms. The summed E-state index contributed by atoms with van der Waals surface area (Å²) < 4.78 is 0. The number of hydrogen-bond donors (Lipinski definition) is 2. The molecule has 6 aromatic rings. The summed E-state index contributed by atoms with van der Waals surface area (Å²) in [6.45, 7) is 0. The van der Waals surface area contributed by atoms with Gasteiger partial charge in [-0.15, -0.1) is 0 Å². The molecule has 0 unspecified atom stereocenters. The number of benzene rings is 6. The Labute approximate surface area is 218 Å². The van der Waals surface area contributed by atoms with Gasteiger partial charge in [-0.3, -0.25) is 0 Å². The normalized spacial score (nSPS) is 11.6.